The van der Waals surface area contributed by atoms with Crippen LogP contribution in [0.3, 0.4) is 0 Å². The van der Waals surface area contributed by atoms with Crippen molar-refractivity contribution in [2.24, 2.45) is 0 Å². The van der Waals surface area contributed by atoms with Crippen LogP contribution in [0, 0.1) is 0 Å². The van der Waals surface area contributed by atoms with E-state index in [-0.39, 0.29) is 0 Å². The van der Waals surface area contributed by atoms with E-state index in [1.54, 1.807) is 0 Å². The van der Waals surface area contributed by atoms with Crippen LogP contribution in [0.1, 0.15) is 12.0 Å². The van der Waals surface area contributed by atoms with E-state index < -0.39 is 0 Å². The highest BCUT2D eigenvalue weighted by Gasteiger charge is 2.18. The van der Waals surface area contributed by atoms with Gasteiger partial charge in [-0.3, -0.25) is 0 Å². The highest BCUT2D eigenvalue weighted by Crippen LogP contribution is 2.35. The van der Waals surface area contributed by atoms with Crippen LogP contribution in [0.5, 0.6) is 0 Å². The Kier molecular flexibility index (Phi) is 3.67. The van der Waals surface area contributed by atoms with Gasteiger partial charge in [0.05, 0.1) is 5.69 Å². The van der Waals surface area contributed by atoms with Crippen molar-refractivity contribution in [2.75, 3.05) is 0 Å². The van der Waals surface area contributed by atoms with Crippen molar-refractivity contribution < 1.29 is 0 Å². The smallest absolute Gasteiger partial charge is 0.140 e. The highest BCUT2D eigenvalue weighted by molar-refractivity contribution is 5.82. The SMILES string of the molecule is c1ccc(-c2ccccc2-c2cn3c(n2)-c2ccccc2CCC3)cc1. The topological polar surface area (TPSA) is 17.8 Å². The molecule has 0 radical (unpaired) electrons. The molecule has 0 atom stereocenters. The highest BCUT2D eigenvalue weighted by atomic mass is 15.1. The summed E-state index contributed by atoms with van der Waals surface area (Å²) in [6.07, 6.45) is 4.49. The molecule has 1 aliphatic rings. The van der Waals surface area contributed by atoms with Crippen molar-refractivity contribution in [3.05, 3.63) is 90.6 Å². The van der Waals surface area contributed by atoms with E-state index in [1.807, 2.05) is 0 Å². The quantitative estimate of drug-likeness (QED) is 0.450. The molecule has 5 rings (SSSR count). The monoisotopic (exact) mass is 336 g/mol. The van der Waals surface area contributed by atoms with Crippen LogP contribution in [0.4, 0.5) is 0 Å². The molecule has 1 aliphatic heterocycles. The fourth-order valence-corrected chi connectivity index (χ4v) is 3.90. The molecule has 126 valence electrons. The first-order valence-electron chi connectivity index (χ1n) is 9.20. The van der Waals surface area contributed by atoms with Crippen LogP contribution >= 0.6 is 0 Å². The number of aromatic nitrogens is 2. The molecule has 0 amide bonds. The lowest BCUT2D eigenvalue weighted by Crippen LogP contribution is -1.95. The van der Waals surface area contributed by atoms with E-state index >= 15 is 0 Å². The van der Waals surface area contributed by atoms with Crippen molar-refractivity contribution in [1.29, 1.82) is 0 Å². The predicted molar refractivity (Wildman–Crippen MR) is 107 cm³/mol. The Balaban J connectivity index is 1.68. The summed E-state index contributed by atoms with van der Waals surface area (Å²) in [5.41, 5.74) is 7.38. The number of imidazole rings is 1. The molecule has 0 bridgehead atoms. The predicted octanol–water partition coefficient (Wildman–Crippen LogP) is 5.83. The van der Waals surface area contributed by atoms with Gasteiger partial charge in [0.15, 0.2) is 0 Å². The van der Waals surface area contributed by atoms with Gasteiger partial charge in [-0.05, 0) is 29.5 Å². The maximum atomic E-state index is 5.07. The second-order valence-corrected chi connectivity index (χ2v) is 6.82. The zero-order chi connectivity index (χ0) is 17.3. The minimum absolute atomic E-state index is 1.02. The fraction of sp³-hybridized carbons (Fsp3) is 0.125. The van der Waals surface area contributed by atoms with Gasteiger partial charge in [0.2, 0.25) is 0 Å². The van der Waals surface area contributed by atoms with Crippen LogP contribution in [-0.4, -0.2) is 9.55 Å². The fourth-order valence-electron chi connectivity index (χ4n) is 3.90. The van der Waals surface area contributed by atoms with Crippen LogP contribution in [-0.2, 0) is 13.0 Å². The molecule has 0 spiro atoms. The molecular weight excluding hydrogens is 316 g/mol. The van der Waals surface area contributed by atoms with Crippen LogP contribution in [0.15, 0.2) is 85.1 Å². The maximum absolute atomic E-state index is 5.07. The summed E-state index contributed by atoms with van der Waals surface area (Å²) in [7, 11) is 0. The third-order valence-corrected chi connectivity index (χ3v) is 5.17. The second-order valence-electron chi connectivity index (χ2n) is 6.82. The molecular formula is C24H20N2. The minimum atomic E-state index is 1.02. The van der Waals surface area contributed by atoms with Gasteiger partial charge in [-0.1, -0.05) is 78.9 Å². The van der Waals surface area contributed by atoms with E-state index in [4.69, 9.17) is 4.98 Å². The first kappa shape index (κ1) is 15.2. The summed E-state index contributed by atoms with van der Waals surface area (Å²) in [5.74, 6) is 1.09. The molecule has 0 saturated heterocycles. The van der Waals surface area contributed by atoms with Crippen molar-refractivity contribution >= 4 is 0 Å². The number of benzene rings is 3. The summed E-state index contributed by atoms with van der Waals surface area (Å²) >= 11 is 0. The zero-order valence-corrected chi connectivity index (χ0v) is 14.6. The molecule has 0 N–H and O–H groups in total. The van der Waals surface area contributed by atoms with Crippen molar-refractivity contribution in [1.82, 2.24) is 9.55 Å². The Morgan fingerprint density at radius 1 is 0.692 bits per heavy atom. The van der Waals surface area contributed by atoms with Crippen molar-refractivity contribution in [3.63, 3.8) is 0 Å². The van der Waals surface area contributed by atoms with Gasteiger partial charge in [-0.2, -0.15) is 0 Å². The zero-order valence-electron chi connectivity index (χ0n) is 14.6. The molecule has 0 saturated carbocycles. The van der Waals surface area contributed by atoms with Gasteiger partial charge in [0.1, 0.15) is 5.82 Å². The van der Waals surface area contributed by atoms with Crippen LogP contribution < -0.4 is 0 Å². The second kappa shape index (κ2) is 6.30. The number of hydrogen-bond acceptors (Lipinski definition) is 1. The Bertz CT molecular complexity index is 1060. The molecule has 0 unspecified atom stereocenters. The largest absolute Gasteiger partial charge is 0.330 e. The molecule has 0 aliphatic carbocycles. The molecule has 0 fully saturated rings. The Morgan fingerprint density at radius 3 is 2.23 bits per heavy atom. The number of fused-ring (bicyclic) bond motifs is 3. The number of aryl methyl sites for hydroxylation is 2. The normalized spacial score (nSPS) is 12.9. The molecule has 1 aromatic heterocycles. The van der Waals surface area contributed by atoms with Crippen molar-refractivity contribution in [3.8, 4) is 33.8 Å². The van der Waals surface area contributed by atoms with Gasteiger partial charge in [0, 0.05) is 23.9 Å². The number of hydrogen-bond donors (Lipinski definition) is 0. The summed E-state index contributed by atoms with van der Waals surface area (Å²) in [6, 6.07) is 27.8. The van der Waals surface area contributed by atoms with E-state index in [0.29, 0.717) is 0 Å². The van der Waals surface area contributed by atoms with Crippen LogP contribution in [0.25, 0.3) is 33.8 Å². The van der Waals surface area contributed by atoms with E-state index in [1.165, 1.54) is 27.8 Å². The Hall–Kier alpha value is -3.13. The maximum Gasteiger partial charge on any atom is 0.140 e. The van der Waals surface area contributed by atoms with E-state index in [0.717, 1.165) is 30.9 Å². The lowest BCUT2D eigenvalue weighted by Gasteiger charge is -2.07. The third kappa shape index (κ3) is 2.55. The first-order valence-corrected chi connectivity index (χ1v) is 9.20. The summed E-state index contributed by atoms with van der Waals surface area (Å²) < 4.78 is 2.32. The number of rotatable bonds is 2. The summed E-state index contributed by atoms with van der Waals surface area (Å²) in [4.78, 5) is 5.07. The minimum Gasteiger partial charge on any atom is -0.330 e. The summed E-state index contributed by atoms with van der Waals surface area (Å²) in [6.45, 7) is 1.02. The average molecular weight is 336 g/mol. The average Bonchev–Trinajstić information content (AvgIpc) is 3.05. The van der Waals surface area contributed by atoms with E-state index in [2.05, 4.69) is 89.6 Å². The van der Waals surface area contributed by atoms with Crippen LogP contribution in [0.2, 0.25) is 0 Å². The molecule has 4 aromatic rings. The standard InChI is InChI=1S/C24H20N2/c1-2-9-18(10-3-1)20-13-6-7-15-22(20)23-17-26-16-8-12-19-11-4-5-14-21(19)24(26)25-23/h1-7,9-11,13-15,17H,8,12,16H2. The molecule has 2 nitrogen and oxygen atoms in total. The summed E-state index contributed by atoms with van der Waals surface area (Å²) in [5, 5.41) is 0. The molecule has 26 heavy (non-hydrogen) atoms. The lowest BCUT2D eigenvalue weighted by atomic mass is 9.98. The molecule has 2 heterocycles. The molecule has 2 heteroatoms. The lowest BCUT2D eigenvalue weighted by molar-refractivity contribution is 0.662. The van der Waals surface area contributed by atoms with Gasteiger partial charge >= 0.3 is 0 Å². The van der Waals surface area contributed by atoms with Crippen molar-refractivity contribution in [2.45, 2.75) is 19.4 Å². The van der Waals surface area contributed by atoms with Gasteiger partial charge in [-0.15, -0.1) is 0 Å². The van der Waals surface area contributed by atoms with Gasteiger partial charge in [-0.25, -0.2) is 4.98 Å². The van der Waals surface area contributed by atoms with Gasteiger partial charge < -0.3 is 4.57 Å². The Morgan fingerprint density at radius 2 is 1.38 bits per heavy atom. The van der Waals surface area contributed by atoms with E-state index in [9.17, 15) is 0 Å². The molecule has 3 aromatic carbocycles. The van der Waals surface area contributed by atoms with Gasteiger partial charge in [0.25, 0.3) is 0 Å². The first-order chi connectivity index (χ1) is 12.9. The number of nitrogens with zero attached hydrogens (tertiary/aromatic N) is 2. The third-order valence-electron chi connectivity index (χ3n) is 5.17. The Labute approximate surface area is 153 Å².